The summed E-state index contributed by atoms with van der Waals surface area (Å²) in [7, 11) is 0. The van der Waals surface area contributed by atoms with E-state index in [4.69, 9.17) is 0 Å². The summed E-state index contributed by atoms with van der Waals surface area (Å²) in [5, 5.41) is 3.38. The Morgan fingerprint density at radius 2 is 1.62 bits per heavy atom. The summed E-state index contributed by atoms with van der Waals surface area (Å²) in [5.41, 5.74) is 2.20. The van der Waals surface area contributed by atoms with Crippen LogP contribution >= 0.6 is 11.9 Å². The van der Waals surface area contributed by atoms with E-state index in [1.165, 1.54) is 5.56 Å². The summed E-state index contributed by atoms with van der Waals surface area (Å²) < 4.78 is 29.2. The average Bonchev–Trinajstić information content (AvgIpc) is 2.62. The van der Waals surface area contributed by atoms with Crippen LogP contribution in [0.5, 0.6) is 0 Å². The SMILES string of the molecule is Cc1ccc(SNC2(c3ccc(C(F)F)cc3)CCNCC2)cc1. The lowest BCUT2D eigenvalue weighted by Gasteiger charge is -2.38. The van der Waals surface area contributed by atoms with Gasteiger partial charge in [-0.05, 0) is 62.5 Å². The van der Waals surface area contributed by atoms with Crippen LogP contribution < -0.4 is 10.0 Å². The topological polar surface area (TPSA) is 24.1 Å². The van der Waals surface area contributed by atoms with Gasteiger partial charge in [0.05, 0.1) is 5.54 Å². The van der Waals surface area contributed by atoms with Crippen LogP contribution in [0.25, 0.3) is 0 Å². The van der Waals surface area contributed by atoms with E-state index >= 15 is 0 Å². The number of alkyl halides is 2. The lowest BCUT2D eigenvalue weighted by Crippen LogP contribution is -2.47. The van der Waals surface area contributed by atoms with Crippen molar-refractivity contribution >= 4 is 11.9 Å². The van der Waals surface area contributed by atoms with E-state index in [-0.39, 0.29) is 11.1 Å². The Balaban J connectivity index is 1.80. The van der Waals surface area contributed by atoms with E-state index in [2.05, 4.69) is 41.2 Å². The van der Waals surface area contributed by atoms with Crippen molar-refractivity contribution in [3.63, 3.8) is 0 Å². The summed E-state index contributed by atoms with van der Waals surface area (Å²) in [4.78, 5) is 1.16. The van der Waals surface area contributed by atoms with Crippen LogP contribution in [-0.2, 0) is 5.54 Å². The van der Waals surface area contributed by atoms with Gasteiger partial charge in [0.2, 0.25) is 0 Å². The molecule has 128 valence electrons. The fraction of sp³-hybridized carbons (Fsp3) is 0.368. The zero-order valence-electron chi connectivity index (χ0n) is 13.7. The summed E-state index contributed by atoms with van der Waals surface area (Å²) in [6.07, 6.45) is -0.558. The average molecular weight is 348 g/mol. The van der Waals surface area contributed by atoms with E-state index in [1.807, 2.05) is 12.1 Å². The molecule has 0 aliphatic carbocycles. The Morgan fingerprint density at radius 3 is 2.21 bits per heavy atom. The maximum absolute atomic E-state index is 12.8. The molecule has 0 atom stereocenters. The first kappa shape index (κ1) is 17.4. The fourth-order valence-electron chi connectivity index (χ4n) is 3.01. The molecule has 1 saturated heterocycles. The highest BCUT2D eigenvalue weighted by molar-refractivity contribution is 7.97. The van der Waals surface area contributed by atoms with Gasteiger partial charge in [-0.15, -0.1) is 0 Å². The van der Waals surface area contributed by atoms with Gasteiger partial charge in [-0.1, -0.05) is 42.0 Å². The van der Waals surface area contributed by atoms with Crippen molar-refractivity contribution in [3.8, 4) is 0 Å². The monoisotopic (exact) mass is 348 g/mol. The molecule has 0 unspecified atom stereocenters. The van der Waals surface area contributed by atoms with Gasteiger partial charge in [0, 0.05) is 10.5 Å². The molecule has 2 aromatic carbocycles. The minimum absolute atomic E-state index is 0.0778. The molecule has 1 heterocycles. The van der Waals surface area contributed by atoms with E-state index in [0.29, 0.717) is 0 Å². The Hall–Kier alpha value is -1.43. The molecule has 0 saturated carbocycles. The normalized spacial score (nSPS) is 17.2. The Labute approximate surface area is 146 Å². The predicted molar refractivity (Wildman–Crippen MR) is 95.4 cm³/mol. The van der Waals surface area contributed by atoms with Crippen LogP contribution in [0, 0.1) is 6.92 Å². The molecule has 2 nitrogen and oxygen atoms in total. The zero-order chi connectivity index (χ0) is 17.0. The number of aryl methyl sites for hydroxylation is 1. The molecule has 0 amide bonds. The number of piperidine rings is 1. The quantitative estimate of drug-likeness (QED) is 0.759. The van der Waals surface area contributed by atoms with Gasteiger partial charge in [0.1, 0.15) is 0 Å². The number of hydrogen-bond donors (Lipinski definition) is 2. The van der Waals surface area contributed by atoms with Crippen molar-refractivity contribution in [3.05, 3.63) is 65.2 Å². The number of nitrogens with one attached hydrogen (secondary N) is 2. The maximum Gasteiger partial charge on any atom is 0.263 e. The molecule has 5 heteroatoms. The Morgan fingerprint density at radius 1 is 1.00 bits per heavy atom. The maximum atomic E-state index is 12.8. The van der Waals surface area contributed by atoms with Crippen LogP contribution in [0.4, 0.5) is 8.78 Å². The van der Waals surface area contributed by atoms with Crippen LogP contribution in [0.2, 0.25) is 0 Å². The first-order valence-electron chi connectivity index (χ1n) is 8.19. The third kappa shape index (κ3) is 3.97. The van der Waals surface area contributed by atoms with Gasteiger partial charge in [-0.3, -0.25) is 0 Å². The second kappa shape index (κ2) is 7.64. The third-order valence-corrected chi connectivity index (χ3v) is 5.56. The lowest BCUT2D eigenvalue weighted by atomic mass is 9.82. The van der Waals surface area contributed by atoms with Crippen molar-refractivity contribution in [2.45, 2.75) is 36.6 Å². The van der Waals surface area contributed by atoms with Crippen molar-refractivity contribution in [2.24, 2.45) is 0 Å². The minimum Gasteiger partial charge on any atom is -0.317 e. The fourth-order valence-corrected chi connectivity index (χ4v) is 3.92. The molecule has 24 heavy (non-hydrogen) atoms. The molecule has 0 bridgehead atoms. The van der Waals surface area contributed by atoms with Crippen molar-refractivity contribution < 1.29 is 8.78 Å². The second-order valence-corrected chi connectivity index (χ2v) is 7.15. The van der Waals surface area contributed by atoms with Gasteiger partial charge in [-0.2, -0.15) is 0 Å². The predicted octanol–water partition coefficient (Wildman–Crippen LogP) is 4.81. The van der Waals surface area contributed by atoms with Crippen LogP contribution in [0.15, 0.2) is 53.4 Å². The Kier molecular flexibility index (Phi) is 5.54. The molecule has 1 aliphatic heterocycles. The van der Waals surface area contributed by atoms with Crippen molar-refractivity contribution in [2.75, 3.05) is 13.1 Å². The molecule has 2 N–H and O–H groups in total. The number of hydrogen-bond acceptors (Lipinski definition) is 3. The molecule has 0 spiro atoms. The number of halogens is 2. The highest BCUT2D eigenvalue weighted by Gasteiger charge is 2.34. The van der Waals surface area contributed by atoms with E-state index in [0.717, 1.165) is 36.4 Å². The molecule has 3 rings (SSSR count). The van der Waals surface area contributed by atoms with Gasteiger partial charge in [-0.25, -0.2) is 13.5 Å². The first-order valence-corrected chi connectivity index (χ1v) is 9.01. The molecule has 1 aliphatic rings. The van der Waals surface area contributed by atoms with Gasteiger partial charge in [0.15, 0.2) is 0 Å². The highest BCUT2D eigenvalue weighted by Crippen LogP contribution is 2.35. The summed E-state index contributed by atoms with van der Waals surface area (Å²) >= 11 is 1.61. The lowest BCUT2D eigenvalue weighted by molar-refractivity contribution is 0.151. The van der Waals surface area contributed by atoms with Crippen molar-refractivity contribution in [1.82, 2.24) is 10.0 Å². The van der Waals surface area contributed by atoms with Gasteiger partial charge >= 0.3 is 0 Å². The minimum atomic E-state index is -2.42. The van der Waals surface area contributed by atoms with E-state index < -0.39 is 6.43 Å². The van der Waals surface area contributed by atoms with Crippen molar-refractivity contribution in [1.29, 1.82) is 0 Å². The number of benzene rings is 2. The second-order valence-electron chi connectivity index (χ2n) is 6.27. The highest BCUT2D eigenvalue weighted by atomic mass is 32.2. The van der Waals surface area contributed by atoms with Gasteiger partial charge < -0.3 is 5.32 Å². The van der Waals surface area contributed by atoms with Crippen LogP contribution in [0.1, 0.15) is 36.0 Å². The van der Waals surface area contributed by atoms with E-state index in [9.17, 15) is 8.78 Å². The molecule has 0 radical (unpaired) electrons. The number of rotatable bonds is 5. The summed E-state index contributed by atoms with van der Waals surface area (Å²) in [5.74, 6) is 0. The largest absolute Gasteiger partial charge is 0.317 e. The van der Waals surface area contributed by atoms with Crippen LogP contribution in [-0.4, -0.2) is 13.1 Å². The third-order valence-electron chi connectivity index (χ3n) is 4.56. The van der Waals surface area contributed by atoms with Crippen LogP contribution in [0.3, 0.4) is 0 Å². The van der Waals surface area contributed by atoms with Gasteiger partial charge in [0.25, 0.3) is 6.43 Å². The molecule has 0 aromatic heterocycles. The summed E-state index contributed by atoms with van der Waals surface area (Å²) in [6.45, 7) is 3.90. The molecular formula is C19H22F2N2S. The first-order chi connectivity index (χ1) is 11.6. The van der Waals surface area contributed by atoms with E-state index in [1.54, 1.807) is 24.1 Å². The standard InChI is InChI=1S/C19H22F2N2S/c1-14-2-8-17(9-3-14)24-23-19(10-12-22-13-11-19)16-6-4-15(5-7-16)18(20)21/h2-9,18,22-23H,10-13H2,1H3. The Bertz CT molecular complexity index is 650. The molecule has 2 aromatic rings. The summed E-state index contributed by atoms with van der Waals surface area (Å²) in [6, 6.07) is 15.2. The molecular weight excluding hydrogens is 326 g/mol. The smallest absolute Gasteiger partial charge is 0.263 e. The zero-order valence-corrected chi connectivity index (χ0v) is 14.5. The molecule has 1 fully saturated rings.